The summed E-state index contributed by atoms with van der Waals surface area (Å²) in [5.74, 6) is 0.0928. The molecule has 0 aliphatic carbocycles. The van der Waals surface area contributed by atoms with Gasteiger partial charge < -0.3 is 16.4 Å². The molecule has 1 saturated heterocycles. The van der Waals surface area contributed by atoms with Gasteiger partial charge in [0, 0.05) is 31.6 Å². The zero-order valence-electron chi connectivity index (χ0n) is 11.5. The predicted octanol–water partition coefficient (Wildman–Crippen LogP) is 0.873. The maximum Gasteiger partial charge on any atom is 0.253 e. The van der Waals surface area contributed by atoms with Crippen LogP contribution >= 0.6 is 0 Å². The topological polar surface area (TPSA) is 89.4 Å². The second-order valence-corrected chi connectivity index (χ2v) is 5.31. The highest BCUT2D eigenvalue weighted by molar-refractivity contribution is 5.94. The molecule has 0 bridgehead atoms. The second kappa shape index (κ2) is 6.52. The van der Waals surface area contributed by atoms with Crippen LogP contribution in [0.3, 0.4) is 0 Å². The van der Waals surface area contributed by atoms with E-state index < -0.39 is 0 Å². The number of rotatable bonds is 4. The summed E-state index contributed by atoms with van der Waals surface area (Å²) in [7, 11) is 0. The number of primary amides is 1. The molecule has 1 aromatic carbocycles. The highest BCUT2D eigenvalue weighted by Crippen LogP contribution is 2.21. The maximum absolute atomic E-state index is 12.4. The van der Waals surface area contributed by atoms with Crippen LogP contribution in [0.4, 0.5) is 0 Å². The van der Waals surface area contributed by atoms with Crippen molar-refractivity contribution in [3.8, 4) is 0 Å². The monoisotopic (exact) mass is 275 g/mol. The Labute approximate surface area is 118 Å². The molecule has 0 atom stereocenters. The van der Waals surface area contributed by atoms with Crippen LogP contribution in [0.1, 0.15) is 35.2 Å². The van der Waals surface area contributed by atoms with Crippen molar-refractivity contribution in [1.29, 1.82) is 0 Å². The average Bonchev–Trinajstić information content (AvgIpc) is 2.47. The molecule has 2 rings (SSSR count). The van der Waals surface area contributed by atoms with Crippen LogP contribution in [-0.2, 0) is 11.3 Å². The van der Waals surface area contributed by atoms with Crippen molar-refractivity contribution in [2.75, 3.05) is 13.1 Å². The summed E-state index contributed by atoms with van der Waals surface area (Å²) in [6.45, 7) is 1.80. The van der Waals surface area contributed by atoms with Crippen molar-refractivity contribution in [1.82, 2.24) is 4.90 Å². The number of benzene rings is 1. The summed E-state index contributed by atoms with van der Waals surface area (Å²) in [5, 5.41) is 0. The lowest BCUT2D eigenvalue weighted by Gasteiger charge is -2.31. The number of carbonyl (C=O) groups excluding carboxylic acids is 2. The molecule has 4 N–H and O–H groups in total. The smallest absolute Gasteiger partial charge is 0.253 e. The molecule has 2 amide bonds. The largest absolute Gasteiger partial charge is 0.370 e. The van der Waals surface area contributed by atoms with Crippen LogP contribution in [0.25, 0.3) is 0 Å². The summed E-state index contributed by atoms with van der Waals surface area (Å²) < 4.78 is 0. The van der Waals surface area contributed by atoms with Gasteiger partial charge in [-0.05, 0) is 36.5 Å². The van der Waals surface area contributed by atoms with Crippen LogP contribution in [0, 0.1) is 5.92 Å². The van der Waals surface area contributed by atoms with E-state index in [1.807, 2.05) is 29.2 Å². The quantitative estimate of drug-likeness (QED) is 0.854. The number of nitrogens with two attached hydrogens (primary N) is 2. The Morgan fingerprint density at radius 2 is 1.95 bits per heavy atom. The highest BCUT2D eigenvalue weighted by atomic mass is 16.2. The van der Waals surface area contributed by atoms with Crippen molar-refractivity contribution in [2.45, 2.75) is 25.8 Å². The van der Waals surface area contributed by atoms with Gasteiger partial charge in [0.15, 0.2) is 0 Å². The molecular weight excluding hydrogens is 254 g/mol. The van der Waals surface area contributed by atoms with E-state index in [4.69, 9.17) is 11.5 Å². The molecule has 0 unspecified atom stereocenters. The number of nitrogens with zero attached hydrogens (tertiary/aromatic N) is 1. The molecule has 5 heteroatoms. The van der Waals surface area contributed by atoms with Crippen molar-refractivity contribution in [3.63, 3.8) is 0 Å². The summed E-state index contributed by atoms with van der Waals surface area (Å²) >= 11 is 0. The van der Waals surface area contributed by atoms with Gasteiger partial charge in [-0.25, -0.2) is 0 Å². The van der Waals surface area contributed by atoms with Crippen molar-refractivity contribution in [3.05, 3.63) is 35.4 Å². The summed E-state index contributed by atoms with van der Waals surface area (Å²) in [6, 6.07) is 7.43. The zero-order valence-corrected chi connectivity index (χ0v) is 11.5. The average molecular weight is 275 g/mol. The molecule has 108 valence electrons. The Balaban J connectivity index is 1.96. The van der Waals surface area contributed by atoms with E-state index in [0.717, 1.165) is 18.4 Å². The van der Waals surface area contributed by atoms with Crippen LogP contribution in [0.5, 0.6) is 0 Å². The Morgan fingerprint density at radius 1 is 1.25 bits per heavy atom. The minimum absolute atomic E-state index is 0.0397. The first-order chi connectivity index (χ1) is 9.60. The number of likely N-dealkylation sites (tertiary alicyclic amines) is 1. The number of amides is 2. The minimum atomic E-state index is -0.259. The molecular formula is C15H21N3O2. The van der Waals surface area contributed by atoms with Crippen LogP contribution in [-0.4, -0.2) is 29.8 Å². The molecule has 1 fully saturated rings. The normalized spacial score (nSPS) is 16.1. The number of carbonyl (C=O) groups is 2. The molecule has 0 aromatic heterocycles. The van der Waals surface area contributed by atoms with Gasteiger partial charge in [0.05, 0.1) is 0 Å². The summed E-state index contributed by atoms with van der Waals surface area (Å²) in [4.78, 5) is 25.1. The molecule has 1 heterocycles. The van der Waals surface area contributed by atoms with E-state index in [-0.39, 0.29) is 11.8 Å². The molecule has 1 aliphatic heterocycles. The van der Waals surface area contributed by atoms with Gasteiger partial charge >= 0.3 is 0 Å². The lowest BCUT2D eigenvalue weighted by Crippen LogP contribution is -2.39. The van der Waals surface area contributed by atoms with Gasteiger partial charge in [-0.15, -0.1) is 0 Å². The molecule has 0 spiro atoms. The van der Waals surface area contributed by atoms with Gasteiger partial charge in [0.1, 0.15) is 0 Å². The Hall–Kier alpha value is -1.88. The molecule has 1 aromatic rings. The first-order valence-corrected chi connectivity index (χ1v) is 6.96. The highest BCUT2D eigenvalue weighted by Gasteiger charge is 2.24. The van der Waals surface area contributed by atoms with E-state index in [9.17, 15) is 9.59 Å². The van der Waals surface area contributed by atoms with E-state index in [2.05, 4.69) is 0 Å². The van der Waals surface area contributed by atoms with E-state index in [0.29, 0.717) is 37.5 Å². The van der Waals surface area contributed by atoms with Gasteiger partial charge in [-0.2, -0.15) is 0 Å². The third-order valence-electron chi connectivity index (χ3n) is 3.80. The molecule has 5 nitrogen and oxygen atoms in total. The lowest BCUT2D eigenvalue weighted by molar-refractivity contribution is -0.119. The third-order valence-corrected chi connectivity index (χ3v) is 3.80. The van der Waals surface area contributed by atoms with Crippen LogP contribution < -0.4 is 11.5 Å². The van der Waals surface area contributed by atoms with Crippen molar-refractivity contribution < 1.29 is 9.59 Å². The van der Waals surface area contributed by atoms with Crippen molar-refractivity contribution >= 4 is 11.8 Å². The summed E-state index contributed by atoms with van der Waals surface area (Å²) in [6.07, 6.45) is 2.10. The minimum Gasteiger partial charge on any atom is -0.370 e. The van der Waals surface area contributed by atoms with Gasteiger partial charge in [-0.1, -0.05) is 12.1 Å². The SMILES string of the molecule is NCc1cccc(C(=O)N2CCC(CC(N)=O)CC2)c1. The zero-order chi connectivity index (χ0) is 14.5. The van der Waals surface area contributed by atoms with E-state index in [1.54, 1.807) is 0 Å². The van der Waals surface area contributed by atoms with Gasteiger partial charge in [-0.3, -0.25) is 9.59 Å². The van der Waals surface area contributed by atoms with E-state index >= 15 is 0 Å². The maximum atomic E-state index is 12.4. The fraction of sp³-hybridized carbons (Fsp3) is 0.467. The molecule has 1 aliphatic rings. The van der Waals surface area contributed by atoms with E-state index in [1.165, 1.54) is 0 Å². The molecule has 0 saturated carbocycles. The first kappa shape index (κ1) is 14.5. The number of hydrogen-bond acceptors (Lipinski definition) is 3. The van der Waals surface area contributed by atoms with Crippen LogP contribution in [0.15, 0.2) is 24.3 Å². The Kier molecular flexibility index (Phi) is 4.74. The molecule has 0 radical (unpaired) electrons. The Bertz CT molecular complexity index is 494. The molecule has 20 heavy (non-hydrogen) atoms. The van der Waals surface area contributed by atoms with Gasteiger partial charge in [0.25, 0.3) is 5.91 Å². The van der Waals surface area contributed by atoms with Crippen LogP contribution in [0.2, 0.25) is 0 Å². The predicted molar refractivity (Wildman–Crippen MR) is 76.8 cm³/mol. The first-order valence-electron chi connectivity index (χ1n) is 6.96. The van der Waals surface area contributed by atoms with Crippen molar-refractivity contribution in [2.24, 2.45) is 17.4 Å². The number of hydrogen-bond donors (Lipinski definition) is 2. The lowest BCUT2D eigenvalue weighted by atomic mass is 9.93. The second-order valence-electron chi connectivity index (χ2n) is 5.31. The third kappa shape index (κ3) is 3.57. The summed E-state index contributed by atoms with van der Waals surface area (Å²) in [5.41, 5.74) is 12.4. The Morgan fingerprint density at radius 3 is 2.55 bits per heavy atom. The number of piperidine rings is 1. The standard InChI is InChI=1S/C15H21N3O2/c16-10-12-2-1-3-13(8-12)15(20)18-6-4-11(5-7-18)9-14(17)19/h1-3,8,11H,4-7,9-10,16H2,(H2,17,19). The van der Waals surface area contributed by atoms with Gasteiger partial charge in [0.2, 0.25) is 5.91 Å². The fourth-order valence-corrected chi connectivity index (χ4v) is 2.64. The fourth-order valence-electron chi connectivity index (χ4n) is 2.64.